The molecular formula is C29H43NO4. The number of allylic oxidation sites excluding steroid dienone is 4. The van der Waals surface area contributed by atoms with Crippen LogP contribution in [-0.4, -0.2) is 41.7 Å². The Kier molecular flexibility index (Phi) is 7.73. The van der Waals surface area contributed by atoms with E-state index in [9.17, 15) is 15.0 Å². The molecule has 0 aromatic rings. The molecule has 188 valence electrons. The van der Waals surface area contributed by atoms with Crippen LogP contribution in [-0.2, 0) is 4.74 Å². The molecule has 4 aliphatic rings. The Morgan fingerprint density at radius 1 is 1.21 bits per heavy atom. The van der Waals surface area contributed by atoms with E-state index in [1.807, 2.05) is 0 Å². The van der Waals surface area contributed by atoms with Crippen LogP contribution >= 0.6 is 0 Å². The molecule has 0 saturated heterocycles. The molecule has 1 amide bonds. The molecule has 0 heterocycles. The van der Waals surface area contributed by atoms with Gasteiger partial charge in [-0.05, 0) is 97.7 Å². The molecule has 0 aliphatic heterocycles. The zero-order valence-corrected chi connectivity index (χ0v) is 21.1. The van der Waals surface area contributed by atoms with Crippen LogP contribution in [0.3, 0.4) is 0 Å². The Balaban J connectivity index is 1.46. The van der Waals surface area contributed by atoms with Gasteiger partial charge in [0.25, 0.3) is 0 Å². The molecule has 5 nitrogen and oxygen atoms in total. The molecule has 4 rings (SSSR count). The number of aliphatic hydroxyl groups is 2. The number of hydrogen-bond donors (Lipinski definition) is 3. The lowest BCUT2D eigenvalue weighted by molar-refractivity contribution is 0.0862. The van der Waals surface area contributed by atoms with E-state index in [1.165, 1.54) is 31.3 Å². The van der Waals surface area contributed by atoms with Crippen LogP contribution in [0.1, 0.15) is 71.6 Å². The molecule has 7 atom stereocenters. The fraction of sp³-hybridized carbons (Fsp3) is 0.690. The largest absolute Gasteiger partial charge is 0.442 e. The number of rotatable bonds is 6. The third-order valence-electron chi connectivity index (χ3n) is 9.07. The van der Waals surface area contributed by atoms with Gasteiger partial charge in [0.05, 0.1) is 12.2 Å². The second kappa shape index (κ2) is 10.4. The van der Waals surface area contributed by atoms with Crippen molar-refractivity contribution in [2.45, 2.75) is 89.9 Å². The average molecular weight is 470 g/mol. The van der Waals surface area contributed by atoms with Crippen molar-refractivity contribution < 1.29 is 19.7 Å². The van der Waals surface area contributed by atoms with Crippen molar-refractivity contribution in [3.05, 3.63) is 47.6 Å². The normalized spacial score (nSPS) is 38.2. The molecular weight excluding hydrogens is 426 g/mol. The average Bonchev–Trinajstić information content (AvgIpc) is 3.58. The van der Waals surface area contributed by atoms with E-state index in [0.29, 0.717) is 36.5 Å². The first kappa shape index (κ1) is 25.2. The Labute approximate surface area is 205 Å². The van der Waals surface area contributed by atoms with Crippen LogP contribution in [0, 0.1) is 29.1 Å². The highest BCUT2D eigenvalue weighted by molar-refractivity contribution is 5.67. The third-order valence-corrected chi connectivity index (χ3v) is 9.07. The highest BCUT2D eigenvalue weighted by Crippen LogP contribution is 2.59. The molecule has 0 aromatic heterocycles. The minimum atomic E-state index is -0.639. The van der Waals surface area contributed by atoms with Gasteiger partial charge in [0.2, 0.25) is 0 Å². The van der Waals surface area contributed by atoms with Crippen molar-refractivity contribution in [3.8, 4) is 0 Å². The van der Waals surface area contributed by atoms with Gasteiger partial charge in [-0.3, -0.25) is 0 Å². The first-order valence-corrected chi connectivity index (χ1v) is 13.2. The van der Waals surface area contributed by atoms with Crippen molar-refractivity contribution >= 4 is 6.09 Å². The summed E-state index contributed by atoms with van der Waals surface area (Å²) in [6, 6.07) is 0. The molecule has 4 saturated carbocycles. The van der Waals surface area contributed by atoms with Crippen molar-refractivity contribution in [1.82, 2.24) is 5.32 Å². The fourth-order valence-electron chi connectivity index (χ4n) is 6.93. The van der Waals surface area contributed by atoms with Crippen LogP contribution in [0.5, 0.6) is 0 Å². The van der Waals surface area contributed by atoms with Crippen LogP contribution in [0.2, 0.25) is 0 Å². The van der Waals surface area contributed by atoms with E-state index in [0.717, 1.165) is 30.4 Å². The van der Waals surface area contributed by atoms with Gasteiger partial charge in [-0.15, -0.1) is 0 Å². The number of hydrogen-bond acceptors (Lipinski definition) is 4. The Morgan fingerprint density at radius 2 is 1.97 bits per heavy atom. The summed E-state index contributed by atoms with van der Waals surface area (Å²) in [5, 5.41) is 22.8. The van der Waals surface area contributed by atoms with Gasteiger partial charge in [-0.2, -0.15) is 0 Å². The minimum Gasteiger partial charge on any atom is -0.442 e. The number of fused-ring (bicyclic) bond motifs is 1. The quantitative estimate of drug-likeness (QED) is 0.452. The number of amides is 1. The molecule has 0 unspecified atom stereocenters. The Bertz CT molecular complexity index is 869. The van der Waals surface area contributed by atoms with Gasteiger partial charge < -0.3 is 20.3 Å². The molecule has 0 radical (unpaired) electrons. The summed E-state index contributed by atoms with van der Waals surface area (Å²) in [5.41, 5.74) is 3.53. The number of carbonyl (C=O) groups excluding carboxylic acids is 1. The van der Waals surface area contributed by atoms with Gasteiger partial charge in [0, 0.05) is 13.5 Å². The maximum Gasteiger partial charge on any atom is 0.407 e. The van der Waals surface area contributed by atoms with E-state index in [-0.39, 0.29) is 17.6 Å². The summed E-state index contributed by atoms with van der Waals surface area (Å²) in [7, 11) is 1.61. The summed E-state index contributed by atoms with van der Waals surface area (Å²) in [5.74, 6) is 2.09. The van der Waals surface area contributed by atoms with E-state index < -0.39 is 12.2 Å². The van der Waals surface area contributed by atoms with Gasteiger partial charge in [-0.25, -0.2) is 4.79 Å². The summed E-state index contributed by atoms with van der Waals surface area (Å²) in [6.07, 6.45) is 16.5. The molecule has 0 spiro atoms. The van der Waals surface area contributed by atoms with Gasteiger partial charge in [0.1, 0.15) is 6.10 Å². The molecule has 0 aromatic carbocycles. The lowest BCUT2D eigenvalue weighted by Gasteiger charge is -2.44. The van der Waals surface area contributed by atoms with Crippen LogP contribution in [0.15, 0.2) is 47.6 Å². The molecule has 34 heavy (non-hydrogen) atoms. The minimum absolute atomic E-state index is 0.116. The van der Waals surface area contributed by atoms with Gasteiger partial charge in [-0.1, -0.05) is 44.2 Å². The molecule has 0 bridgehead atoms. The molecule has 4 aliphatic carbocycles. The lowest BCUT2D eigenvalue weighted by atomic mass is 9.61. The van der Waals surface area contributed by atoms with Gasteiger partial charge >= 0.3 is 6.09 Å². The number of alkyl carbamates (subject to hydrolysis) is 1. The lowest BCUT2D eigenvalue weighted by Crippen LogP contribution is -2.35. The fourth-order valence-corrected chi connectivity index (χ4v) is 6.93. The highest BCUT2D eigenvalue weighted by atomic mass is 16.6. The maximum absolute atomic E-state index is 11.8. The predicted octanol–water partition coefficient (Wildman–Crippen LogP) is 5.45. The predicted molar refractivity (Wildman–Crippen MR) is 135 cm³/mol. The highest BCUT2D eigenvalue weighted by Gasteiger charge is 2.50. The van der Waals surface area contributed by atoms with Gasteiger partial charge in [0.15, 0.2) is 0 Å². The van der Waals surface area contributed by atoms with Crippen LogP contribution in [0.4, 0.5) is 4.79 Å². The van der Waals surface area contributed by atoms with Crippen LogP contribution < -0.4 is 5.32 Å². The first-order valence-electron chi connectivity index (χ1n) is 13.2. The second-order valence-electron chi connectivity index (χ2n) is 11.4. The smallest absolute Gasteiger partial charge is 0.407 e. The number of nitrogens with one attached hydrogen (secondary N) is 1. The summed E-state index contributed by atoms with van der Waals surface area (Å²) < 4.78 is 5.60. The Morgan fingerprint density at radius 3 is 2.68 bits per heavy atom. The van der Waals surface area contributed by atoms with Crippen molar-refractivity contribution in [2.24, 2.45) is 29.1 Å². The second-order valence-corrected chi connectivity index (χ2v) is 11.4. The van der Waals surface area contributed by atoms with Crippen molar-refractivity contribution in [1.29, 1.82) is 0 Å². The summed E-state index contributed by atoms with van der Waals surface area (Å²) >= 11 is 0. The number of aliphatic hydroxyl groups excluding tert-OH is 2. The topological polar surface area (TPSA) is 78.8 Å². The van der Waals surface area contributed by atoms with Crippen molar-refractivity contribution in [3.63, 3.8) is 0 Å². The number of ether oxygens (including phenoxy) is 1. The van der Waals surface area contributed by atoms with Crippen molar-refractivity contribution in [2.75, 3.05) is 7.05 Å². The molecule has 5 heteroatoms. The molecule has 4 fully saturated rings. The standard InChI is InChI=1S/C29H43NO4/c1-18(7-14-27(21-9-10-21)34-28(33)30-4)24-12-13-25-20(6-5-15-29(24,25)3)8-11-22-16-23(31)17-26(32)19(22)2/h7-8,11,14,18,21,23-27,31-32H,2,5-6,9-10,12-13,15-17H2,1,3-4H3,(H,30,33)/t18-,23-,24-,25+,26+,27+,29-/m1/s1. The van der Waals surface area contributed by atoms with E-state index >= 15 is 0 Å². The van der Waals surface area contributed by atoms with E-state index in [1.54, 1.807) is 7.05 Å². The van der Waals surface area contributed by atoms with E-state index in [4.69, 9.17) is 4.74 Å². The first-order chi connectivity index (χ1) is 16.2. The zero-order valence-electron chi connectivity index (χ0n) is 21.1. The summed E-state index contributed by atoms with van der Waals surface area (Å²) in [6.45, 7) is 8.87. The molecule has 3 N–H and O–H groups in total. The SMILES string of the molecule is C=C1C(=CC=C2CCC[C@]3(C)[C@@H]([C@H](C)C=C[C@H](OC(=O)NC)C4CC4)CC[C@@H]23)C[C@@H](O)C[C@@H]1O. The number of carbonyl (C=O) groups is 1. The third kappa shape index (κ3) is 5.36. The maximum atomic E-state index is 11.8. The van der Waals surface area contributed by atoms with Crippen LogP contribution in [0.25, 0.3) is 0 Å². The monoisotopic (exact) mass is 469 g/mol. The van der Waals surface area contributed by atoms with E-state index in [2.05, 4.69) is 50.0 Å². The summed E-state index contributed by atoms with van der Waals surface area (Å²) in [4.78, 5) is 11.8. The Hall–Kier alpha value is -1.85. The zero-order chi connectivity index (χ0) is 24.5.